The molecule has 2 heterocycles. The largest absolute Gasteiger partial charge is 0.349 e. The predicted molar refractivity (Wildman–Crippen MR) is 79.5 cm³/mol. The molecule has 18 heavy (non-hydrogen) atoms. The summed E-state index contributed by atoms with van der Waals surface area (Å²) in [4.78, 5) is 1.28. The van der Waals surface area contributed by atoms with E-state index in [2.05, 4.69) is 48.3 Å². The third-order valence-electron chi connectivity index (χ3n) is 3.08. The van der Waals surface area contributed by atoms with Gasteiger partial charge in [0, 0.05) is 23.3 Å². The van der Waals surface area contributed by atoms with E-state index in [9.17, 15) is 0 Å². The Hall–Kier alpha value is -0.770. The molecular formula is C14H19ClN2S. The molecule has 2 nitrogen and oxygen atoms in total. The number of halogens is 1. The zero-order valence-electron chi connectivity index (χ0n) is 11.0. The minimum atomic E-state index is 0.415. The summed E-state index contributed by atoms with van der Waals surface area (Å²) in [6.07, 6.45) is 4.35. The molecule has 0 aliphatic rings. The van der Waals surface area contributed by atoms with Gasteiger partial charge in [-0.25, -0.2) is 0 Å². The van der Waals surface area contributed by atoms with Gasteiger partial charge in [0.25, 0.3) is 0 Å². The van der Waals surface area contributed by atoms with Gasteiger partial charge < -0.3 is 9.88 Å². The van der Waals surface area contributed by atoms with Gasteiger partial charge in [-0.2, -0.15) is 0 Å². The fourth-order valence-corrected chi connectivity index (χ4v) is 3.34. The highest BCUT2D eigenvalue weighted by Crippen LogP contribution is 2.24. The molecule has 1 atom stereocenters. The van der Waals surface area contributed by atoms with Crippen molar-refractivity contribution < 1.29 is 0 Å². The van der Waals surface area contributed by atoms with Gasteiger partial charge in [0.1, 0.15) is 0 Å². The maximum absolute atomic E-state index is 5.95. The van der Waals surface area contributed by atoms with Crippen LogP contribution in [0.4, 0.5) is 0 Å². The summed E-state index contributed by atoms with van der Waals surface area (Å²) in [5, 5.41) is 3.37. The van der Waals surface area contributed by atoms with Crippen LogP contribution in [-0.4, -0.2) is 11.6 Å². The average Bonchev–Trinajstić information content (AvgIpc) is 2.90. The summed E-state index contributed by atoms with van der Waals surface area (Å²) in [5.41, 5.74) is 1.34. The van der Waals surface area contributed by atoms with Crippen molar-refractivity contribution >= 4 is 22.9 Å². The summed E-state index contributed by atoms with van der Waals surface area (Å²) >= 11 is 7.59. The van der Waals surface area contributed by atoms with Crippen molar-refractivity contribution in [2.75, 3.05) is 7.05 Å². The lowest BCUT2D eigenvalue weighted by molar-refractivity contribution is 0.443. The Kier molecular flexibility index (Phi) is 4.49. The van der Waals surface area contributed by atoms with Gasteiger partial charge in [-0.1, -0.05) is 25.4 Å². The number of aromatic nitrogens is 1. The summed E-state index contributed by atoms with van der Waals surface area (Å²) in [6, 6.07) is 6.65. The van der Waals surface area contributed by atoms with Crippen LogP contribution in [0.5, 0.6) is 0 Å². The van der Waals surface area contributed by atoms with E-state index >= 15 is 0 Å². The molecule has 0 fully saturated rings. The van der Waals surface area contributed by atoms with Crippen molar-refractivity contribution in [2.24, 2.45) is 5.92 Å². The highest BCUT2D eigenvalue weighted by atomic mass is 35.5. The Morgan fingerprint density at radius 3 is 2.67 bits per heavy atom. The second-order valence-electron chi connectivity index (χ2n) is 4.83. The molecule has 0 aromatic carbocycles. The normalized spacial score (nSPS) is 13.2. The standard InChI is InChI=1S/C14H19ClN2S/c1-10(2)14(16-3)11-6-7-17(8-11)9-12-4-5-13(15)18-12/h4-8,10,14,16H,9H2,1-3H3. The van der Waals surface area contributed by atoms with Crippen LogP contribution in [0.15, 0.2) is 30.6 Å². The Morgan fingerprint density at radius 2 is 2.11 bits per heavy atom. The lowest BCUT2D eigenvalue weighted by Crippen LogP contribution is -2.21. The topological polar surface area (TPSA) is 17.0 Å². The molecule has 98 valence electrons. The molecule has 1 N–H and O–H groups in total. The Labute approximate surface area is 118 Å². The molecule has 0 saturated carbocycles. The molecule has 0 saturated heterocycles. The van der Waals surface area contributed by atoms with Gasteiger partial charge in [-0.05, 0) is 36.7 Å². The SMILES string of the molecule is CNC(c1ccn(Cc2ccc(Cl)s2)c1)C(C)C. The van der Waals surface area contributed by atoms with Crippen LogP contribution in [0.2, 0.25) is 4.34 Å². The highest BCUT2D eigenvalue weighted by molar-refractivity contribution is 7.16. The number of rotatable bonds is 5. The third kappa shape index (κ3) is 3.16. The van der Waals surface area contributed by atoms with E-state index in [1.165, 1.54) is 10.4 Å². The molecule has 4 heteroatoms. The molecule has 0 aliphatic carbocycles. The van der Waals surface area contributed by atoms with E-state index in [0.717, 1.165) is 10.9 Å². The van der Waals surface area contributed by atoms with Crippen LogP contribution in [0.1, 0.15) is 30.3 Å². The smallest absolute Gasteiger partial charge is 0.0931 e. The average molecular weight is 283 g/mol. The minimum absolute atomic E-state index is 0.415. The molecule has 0 spiro atoms. The van der Waals surface area contributed by atoms with Crippen LogP contribution < -0.4 is 5.32 Å². The van der Waals surface area contributed by atoms with Gasteiger partial charge in [0.05, 0.1) is 10.9 Å². The third-order valence-corrected chi connectivity index (χ3v) is 4.29. The number of hydrogen-bond acceptors (Lipinski definition) is 2. The van der Waals surface area contributed by atoms with E-state index in [-0.39, 0.29) is 0 Å². The number of nitrogens with zero attached hydrogens (tertiary/aromatic N) is 1. The first-order chi connectivity index (χ1) is 8.60. The molecule has 0 bridgehead atoms. The molecule has 1 unspecified atom stereocenters. The molecule has 2 aromatic rings. The molecule has 2 rings (SSSR count). The van der Waals surface area contributed by atoms with E-state index < -0.39 is 0 Å². The molecule has 0 amide bonds. The second-order valence-corrected chi connectivity index (χ2v) is 6.63. The number of thiophene rings is 1. The van der Waals surface area contributed by atoms with E-state index in [1.54, 1.807) is 11.3 Å². The van der Waals surface area contributed by atoms with Gasteiger partial charge in [0.15, 0.2) is 0 Å². The first-order valence-electron chi connectivity index (χ1n) is 6.17. The Bertz CT molecular complexity index is 501. The molecular weight excluding hydrogens is 264 g/mol. The molecule has 0 aliphatic heterocycles. The maximum atomic E-state index is 5.95. The van der Waals surface area contributed by atoms with Crippen LogP contribution >= 0.6 is 22.9 Å². The van der Waals surface area contributed by atoms with Crippen molar-refractivity contribution in [1.29, 1.82) is 0 Å². The first-order valence-corrected chi connectivity index (χ1v) is 7.36. The summed E-state index contributed by atoms with van der Waals surface area (Å²) in [7, 11) is 2.01. The van der Waals surface area contributed by atoms with Crippen LogP contribution in [0.3, 0.4) is 0 Å². The van der Waals surface area contributed by atoms with Crippen LogP contribution in [0.25, 0.3) is 0 Å². The van der Waals surface area contributed by atoms with E-state index in [4.69, 9.17) is 11.6 Å². The maximum Gasteiger partial charge on any atom is 0.0931 e. The summed E-state index contributed by atoms with van der Waals surface area (Å²) in [6.45, 7) is 5.36. The van der Waals surface area contributed by atoms with E-state index in [0.29, 0.717) is 12.0 Å². The lowest BCUT2D eigenvalue weighted by Gasteiger charge is -2.18. The van der Waals surface area contributed by atoms with Crippen molar-refractivity contribution in [3.05, 3.63) is 45.4 Å². The zero-order valence-corrected chi connectivity index (χ0v) is 12.6. The summed E-state index contributed by atoms with van der Waals surface area (Å²) < 4.78 is 3.07. The fourth-order valence-electron chi connectivity index (χ4n) is 2.24. The highest BCUT2D eigenvalue weighted by Gasteiger charge is 2.14. The minimum Gasteiger partial charge on any atom is -0.349 e. The molecule has 0 radical (unpaired) electrons. The Morgan fingerprint density at radius 1 is 1.33 bits per heavy atom. The van der Waals surface area contributed by atoms with Crippen molar-refractivity contribution in [1.82, 2.24) is 9.88 Å². The Balaban J connectivity index is 2.10. The lowest BCUT2D eigenvalue weighted by atomic mass is 9.99. The van der Waals surface area contributed by atoms with Crippen LogP contribution in [0, 0.1) is 5.92 Å². The monoisotopic (exact) mass is 282 g/mol. The first kappa shape index (κ1) is 13.7. The van der Waals surface area contributed by atoms with Crippen molar-refractivity contribution in [3.63, 3.8) is 0 Å². The van der Waals surface area contributed by atoms with Crippen molar-refractivity contribution in [2.45, 2.75) is 26.4 Å². The molecule has 2 aromatic heterocycles. The van der Waals surface area contributed by atoms with Crippen molar-refractivity contribution in [3.8, 4) is 0 Å². The van der Waals surface area contributed by atoms with Crippen LogP contribution in [-0.2, 0) is 6.54 Å². The quantitative estimate of drug-likeness (QED) is 0.871. The van der Waals surface area contributed by atoms with E-state index in [1.807, 2.05) is 13.1 Å². The summed E-state index contributed by atoms with van der Waals surface area (Å²) in [5.74, 6) is 0.585. The fraction of sp³-hybridized carbons (Fsp3) is 0.429. The van der Waals surface area contributed by atoms with Gasteiger partial charge >= 0.3 is 0 Å². The number of hydrogen-bond donors (Lipinski definition) is 1. The zero-order chi connectivity index (χ0) is 13.1. The van der Waals surface area contributed by atoms with Gasteiger partial charge in [-0.15, -0.1) is 11.3 Å². The van der Waals surface area contributed by atoms with Gasteiger partial charge in [-0.3, -0.25) is 0 Å². The predicted octanol–water partition coefficient (Wildman–Crippen LogP) is 4.17. The number of nitrogens with one attached hydrogen (secondary N) is 1. The second kappa shape index (κ2) is 5.91. The van der Waals surface area contributed by atoms with Gasteiger partial charge in [0.2, 0.25) is 0 Å².